The van der Waals surface area contributed by atoms with Gasteiger partial charge in [-0.1, -0.05) is 12.1 Å². The molecule has 3 aromatic rings. The molecular formula is C15H14N4O. The van der Waals surface area contributed by atoms with E-state index in [-0.39, 0.29) is 6.61 Å². The van der Waals surface area contributed by atoms with Crippen LogP contribution >= 0.6 is 0 Å². The third-order valence-electron chi connectivity index (χ3n) is 2.95. The zero-order valence-electron chi connectivity index (χ0n) is 10.8. The molecule has 0 saturated heterocycles. The van der Waals surface area contributed by atoms with Crippen LogP contribution in [-0.4, -0.2) is 33.2 Å². The summed E-state index contributed by atoms with van der Waals surface area (Å²) in [5.74, 6) is 1.38. The van der Waals surface area contributed by atoms with Gasteiger partial charge in [0.15, 0.2) is 5.82 Å². The van der Waals surface area contributed by atoms with Crippen LogP contribution < -0.4 is 5.32 Å². The van der Waals surface area contributed by atoms with Gasteiger partial charge in [0.2, 0.25) is 0 Å². The van der Waals surface area contributed by atoms with Crippen molar-refractivity contribution in [2.75, 3.05) is 18.5 Å². The van der Waals surface area contributed by atoms with Crippen molar-refractivity contribution in [2.24, 2.45) is 0 Å². The number of rotatable bonds is 4. The molecule has 0 radical (unpaired) electrons. The molecule has 2 N–H and O–H groups in total. The molecule has 0 atom stereocenters. The van der Waals surface area contributed by atoms with Crippen molar-refractivity contribution in [2.45, 2.75) is 0 Å². The molecule has 100 valence electrons. The SMILES string of the molecule is OCCNc1nc(-c2ccncc2)nc2ccccc12. The molecule has 0 amide bonds. The Morgan fingerprint density at radius 3 is 2.60 bits per heavy atom. The number of benzene rings is 1. The van der Waals surface area contributed by atoms with E-state index in [1.807, 2.05) is 36.4 Å². The quantitative estimate of drug-likeness (QED) is 0.756. The fourth-order valence-corrected chi connectivity index (χ4v) is 2.02. The molecule has 3 rings (SSSR count). The highest BCUT2D eigenvalue weighted by molar-refractivity contribution is 5.90. The molecule has 0 unspecified atom stereocenters. The van der Waals surface area contributed by atoms with E-state index in [0.29, 0.717) is 12.4 Å². The van der Waals surface area contributed by atoms with Gasteiger partial charge < -0.3 is 10.4 Å². The largest absolute Gasteiger partial charge is 0.395 e. The third kappa shape index (κ3) is 2.44. The van der Waals surface area contributed by atoms with Crippen molar-refractivity contribution in [1.82, 2.24) is 15.0 Å². The Morgan fingerprint density at radius 1 is 1.00 bits per heavy atom. The average molecular weight is 266 g/mol. The number of nitrogens with one attached hydrogen (secondary N) is 1. The summed E-state index contributed by atoms with van der Waals surface area (Å²) in [4.78, 5) is 13.1. The van der Waals surface area contributed by atoms with E-state index in [4.69, 9.17) is 5.11 Å². The average Bonchev–Trinajstić information content (AvgIpc) is 2.53. The molecule has 20 heavy (non-hydrogen) atoms. The first kappa shape index (κ1) is 12.5. The summed E-state index contributed by atoms with van der Waals surface area (Å²) in [6.07, 6.45) is 3.43. The van der Waals surface area contributed by atoms with Gasteiger partial charge in [0.25, 0.3) is 0 Å². The predicted molar refractivity (Wildman–Crippen MR) is 78.3 cm³/mol. The van der Waals surface area contributed by atoms with Gasteiger partial charge >= 0.3 is 0 Å². The lowest BCUT2D eigenvalue weighted by molar-refractivity contribution is 0.311. The molecule has 5 heteroatoms. The van der Waals surface area contributed by atoms with Gasteiger partial charge in [-0.05, 0) is 24.3 Å². The molecule has 2 heterocycles. The van der Waals surface area contributed by atoms with Crippen LogP contribution in [0.2, 0.25) is 0 Å². The highest BCUT2D eigenvalue weighted by Crippen LogP contribution is 2.24. The summed E-state index contributed by atoms with van der Waals surface area (Å²) >= 11 is 0. The Bertz CT molecular complexity index is 715. The Labute approximate surface area is 116 Å². The summed E-state index contributed by atoms with van der Waals surface area (Å²) in [7, 11) is 0. The second-order valence-corrected chi connectivity index (χ2v) is 4.30. The second-order valence-electron chi connectivity index (χ2n) is 4.30. The Morgan fingerprint density at radius 2 is 1.80 bits per heavy atom. The van der Waals surface area contributed by atoms with Crippen molar-refractivity contribution in [3.05, 3.63) is 48.8 Å². The maximum absolute atomic E-state index is 8.97. The van der Waals surface area contributed by atoms with E-state index in [0.717, 1.165) is 22.3 Å². The number of aliphatic hydroxyl groups excluding tert-OH is 1. The van der Waals surface area contributed by atoms with E-state index < -0.39 is 0 Å². The fourth-order valence-electron chi connectivity index (χ4n) is 2.02. The molecule has 0 bridgehead atoms. The van der Waals surface area contributed by atoms with E-state index in [9.17, 15) is 0 Å². The van der Waals surface area contributed by atoms with Crippen molar-refractivity contribution in [1.29, 1.82) is 0 Å². The van der Waals surface area contributed by atoms with Gasteiger partial charge in [-0.15, -0.1) is 0 Å². The van der Waals surface area contributed by atoms with Crippen LogP contribution in [0.4, 0.5) is 5.82 Å². The Balaban J connectivity index is 2.14. The molecule has 0 spiro atoms. The molecule has 0 aliphatic carbocycles. The smallest absolute Gasteiger partial charge is 0.162 e. The van der Waals surface area contributed by atoms with Crippen LogP contribution in [0.3, 0.4) is 0 Å². The Kier molecular flexibility index (Phi) is 3.52. The monoisotopic (exact) mass is 266 g/mol. The topological polar surface area (TPSA) is 70.9 Å². The lowest BCUT2D eigenvalue weighted by Crippen LogP contribution is -2.08. The Hall–Kier alpha value is -2.53. The number of hydrogen-bond acceptors (Lipinski definition) is 5. The van der Waals surface area contributed by atoms with Crippen molar-refractivity contribution in [3.8, 4) is 11.4 Å². The van der Waals surface area contributed by atoms with E-state index in [1.54, 1.807) is 12.4 Å². The van der Waals surface area contributed by atoms with Crippen LogP contribution in [-0.2, 0) is 0 Å². The molecule has 2 aromatic heterocycles. The zero-order valence-corrected chi connectivity index (χ0v) is 10.8. The van der Waals surface area contributed by atoms with Crippen LogP contribution in [0.25, 0.3) is 22.3 Å². The van der Waals surface area contributed by atoms with Crippen molar-refractivity contribution >= 4 is 16.7 Å². The molecule has 0 saturated carbocycles. The van der Waals surface area contributed by atoms with Gasteiger partial charge in [-0.2, -0.15) is 0 Å². The van der Waals surface area contributed by atoms with E-state index >= 15 is 0 Å². The summed E-state index contributed by atoms with van der Waals surface area (Å²) in [6.45, 7) is 0.514. The minimum absolute atomic E-state index is 0.0585. The lowest BCUT2D eigenvalue weighted by Gasteiger charge is -2.09. The summed E-state index contributed by atoms with van der Waals surface area (Å²) < 4.78 is 0. The first-order valence-electron chi connectivity index (χ1n) is 6.40. The molecular weight excluding hydrogens is 252 g/mol. The zero-order chi connectivity index (χ0) is 13.8. The lowest BCUT2D eigenvalue weighted by atomic mass is 10.2. The standard InChI is InChI=1S/C15H14N4O/c20-10-9-17-15-12-3-1-2-4-13(12)18-14(19-15)11-5-7-16-8-6-11/h1-8,20H,9-10H2,(H,17,18,19). The number of anilines is 1. The highest BCUT2D eigenvalue weighted by atomic mass is 16.3. The number of pyridine rings is 1. The van der Waals surface area contributed by atoms with E-state index in [1.165, 1.54) is 0 Å². The fraction of sp³-hybridized carbons (Fsp3) is 0.133. The normalized spacial score (nSPS) is 10.7. The molecule has 0 fully saturated rings. The van der Waals surface area contributed by atoms with Crippen LogP contribution in [0.1, 0.15) is 0 Å². The van der Waals surface area contributed by atoms with Crippen molar-refractivity contribution < 1.29 is 5.11 Å². The summed E-state index contributed by atoms with van der Waals surface area (Å²) in [6, 6.07) is 11.6. The molecule has 0 aliphatic rings. The maximum atomic E-state index is 8.97. The molecule has 1 aromatic carbocycles. The number of hydrogen-bond donors (Lipinski definition) is 2. The maximum Gasteiger partial charge on any atom is 0.162 e. The van der Waals surface area contributed by atoms with Crippen molar-refractivity contribution in [3.63, 3.8) is 0 Å². The van der Waals surface area contributed by atoms with Crippen LogP contribution in [0.5, 0.6) is 0 Å². The first-order valence-corrected chi connectivity index (χ1v) is 6.40. The predicted octanol–water partition coefficient (Wildman–Crippen LogP) is 2.10. The van der Waals surface area contributed by atoms with Gasteiger partial charge in [0.05, 0.1) is 12.1 Å². The summed E-state index contributed by atoms with van der Waals surface area (Å²) in [5.41, 5.74) is 1.78. The molecule has 5 nitrogen and oxygen atoms in total. The van der Waals surface area contributed by atoms with Gasteiger partial charge in [-0.3, -0.25) is 4.98 Å². The van der Waals surface area contributed by atoms with Crippen LogP contribution in [0, 0.1) is 0 Å². The number of aliphatic hydroxyl groups is 1. The van der Waals surface area contributed by atoms with Gasteiger partial charge in [0, 0.05) is 29.9 Å². The highest BCUT2D eigenvalue weighted by Gasteiger charge is 2.08. The summed E-state index contributed by atoms with van der Waals surface area (Å²) in [5, 5.41) is 13.0. The minimum atomic E-state index is 0.0585. The van der Waals surface area contributed by atoms with Gasteiger partial charge in [-0.25, -0.2) is 9.97 Å². The van der Waals surface area contributed by atoms with E-state index in [2.05, 4.69) is 20.3 Å². The second kappa shape index (κ2) is 5.63. The van der Waals surface area contributed by atoms with Gasteiger partial charge in [0.1, 0.15) is 5.82 Å². The third-order valence-corrected chi connectivity index (χ3v) is 2.95. The number of aromatic nitrogens is 3. The first-order chi connectivity index (χ1) is 9.88. The molecule has 0 aliphatic heterocycles. The van der Waals surface area contributed by atoms with Crippen LogP contribution in [0.15, 0.2) is 48.8 Å². The number of fused-ring (bicyclic) bond motifs is 1. The number of nitrogens with zero attached hydrogens (tertiary/aromatic N) is 3. The number of para-hydroxylation sites is 1. The minimum Gasteiger partial charge on any atom is -0.395 e.